The predicted molar refractivity (Wildman–Crippen MR) is 160 cm³/mol. The highest BCUT2D eigenvalue weighted by atomic mass is 19.4. The van der Waals surface area contributed by atoms with Crippen LogP contribution in [0.4, 0.5) is 32.2 Å². The first-order valence-electron chi connectivity index (χ1n) is 14.9. The van der Waals surface area contributed by atoms with Crippen LogP contribution in [0.15, 0.2) is 47.6 Å². The highest BCUT2D eigenvalue weighted by Crippen LogP contribution is 2.39. The van der Waals surface area contributed by atoms with Crippen molar-refractivity contribution in [3.05, 3.63) is 70.3 Å². The number of anilines is 1. The van der Waals surface area contributed by atoms with Gasteiger partial charge in [0.05, 0.1) is 16.6 Å². The van der Waals surface area contributed by atoms with Crippen LogP contribution >= 0.6 is 0 Å². The SMILES string of the molecule is Cc1cccc2cc(CN(Cc3cc(C(F)(F)F)cc(C(F)(F)F)c3)/C(N)=N/NC(C)C)c(N(CC3CC3)CC3CC3)nc12. The zero-order valence-electron chi connectivity index (χ0n) is 25.1. The number of halogens is 6. The highest BCUT2D eigenvalue weighted by molar-refractivity contribution is 5.85. The molecule has 2 aromatic carbocycles. The van der Waals surface area contributed by atoms with Crippen LogP contribution in [-0.4, -0.2) is 35.0 Å². The maximum Gasteiger partial charge on any atom is 0.416 e. The van der Waals surface area contributed by atoms with Crippen molar-refractivity contribution in [3.63, 3.8) is 0 Å². The van der Waals surface area contributed by atoms with Gasteiger partial charge in [-0.2, -0.15) is 26.3 Å². The van der Waals surface area contributed by atoms with Crippen molar-refractivity contribution in [3.8, 4) is 0 Å². The minimum atomic E-state index is -4.96. The number of pyridine rings is 1. The number of aryl methyl sites for hydroxylation is 1. The summed E-state index contributed by atoms with van der Waals surface area (Å²) in [6, 6.07) is 9.37. The van der Waals surface area contributed by atoms with Crippen LogP contribution < -0.4 is 16.1 Å². The summed E-state index contributed by atoms with van der Waals surface area (Å²) in [5, 5.41) is 5.10. The van der Waals surface area contributed by atoms with E-state index in [2.05, 4.69) is 15.4 Å². The molecule has 0 saturated heterocycles. The molecule has 2 aliphatic carbocycles. The van der Waals surface area contributed by atoms with E-state index in [9.17, 15) is 26.3 Å². The van der Waals surface area contributed by atoms with Crippen molar-refractivity contribution < 1.29 is 26.3 Å². The Morgan fingerprint density at radius 3 is 2.05 bits per heavy atom. The number of aromatic nitrogens is 1. The number of fused-ring (bicyclic) bond motifs is 1. The Labute approximate surface area is 253 Å². The van der Waals surface area contributed by atoms with Gasteiger partial charge in [-0.05, 0) is 93.7 Å². The normalized spacial score (nSPS) is 16.1. The minimum Gasteiger partial charge on any atom is -0.368 e. The van der Waals surface area contributed by atoms with E-state index in [0.29, 0.717) is 11.8 Å². The summed E-state index contributed by atoms with van der Waals surface area (Å²) in [7, 11) is 0. The quantitative estimate of drug-likeness (QED) is 0.101. The highest BCUT2D eigenvalue weighted by Gasteiger charge is 2.37. The van der Waals surface area contributed by atoms with E-state index < -0.39 is 23.5 Å². The lowest BCUT2D eigenvalue weighted by molar-refractivity contribution is -0.143. The average molecular weight is 621 g/mol. The van der Waals surface area contributed by atoms with E-state index in [4.69, 9.17) is 10.7 Å². The average Bonchev–Trinajstić information content (AvgIpc) is 3.87. The number of nitrogens with one attached hydrogen (secondary N) is 1. The number of alkyl halides is 6. The Hall–Kier alpha value is -3.70. The third kappa shape index (κ3) is 8.06. The van der Waals surface area contributed by atoms with E-state index in [0.717, 1.165) is 78.8 Å². The Morgan fingerprint density at radius 1 is 0.932 bits per heavy atom. The lowest BCUT2D eigenvalue weighted by Gasteiger charge is -2.30. The first-order valence-corrected chi connectivity index (χ1v) is 14.9. The molecule has 44 heavy (non-hydrogen) atoms. The van der Waals surface area contributed by atoms with Crippen LogP contribution in [0, 0.1) is 18.8 Å². The van der Waals surface area contributed by atoms with Crippen molar-refractivity contribution in [2.24, 2.45) is 22.7 Å². The van der Waals surface area contributed by atoms with Gasteiger partial charge < -0.3 is 21.0 Å². The van der Waals surface area contributed by atoms with Crippen LogP contribution in [0.25, 0.3) is 10.9 Å². The topological polar surface area (TPSA) is 69.8 Å². The second-order valence-corrected chi connectivity index (χ2v) is 12.4. The molecule has 5 rings (SSSR count). The van der Waals surface area contributed by atoms with E-state index in [1.165, 1.54) is 4.90 Å². The van der Waals surface area contributed by atoms with Gasteiger partial charge >= 0.3 is 12.4 Å². The summed E-state index contributed by atoms with van der Waals surface area (Å²) in [4.78, 5) is 8.93. The number of benzene rings is 2. The molecular formula is C32H38F6N6. The molecule has 12 heteroatoms. The van der Waals surface area contributed by atoms with Crippen molar-refractivity contribution in [1.29, 1.82) is 0 Å². The number of hydrazone groups is 1. The zero-order valence-corrected chi connectivity index (χ0v) is 25.1. The summed E-state index contributed by atoms with van der Waals surface area (Å²) in [5.74, 6) is 1.84. The van der Waals surface area contributed by atoms with Crippen LogP contribution in [0.5, 0.6) is 0 Å². The van der Waals surface area contributed by atoms with Crippen molar-refractivity contribution >= 4 is 22.7 Å². The van der Waals surface area contributed by atoms with Crippen molar-refractivity contribution in [2.75, 3.05) is 18.0 Å². The van der Waals surface area contributed by atoms with Gasteiger partial charge in [0.25, 0.3) is 0 Å². The fourth-order valence-electron chi connectivity index (χ4n) is 5.26. The number of nitrogens with zero attached hydrogens (tertiary/aromatic N) is 4. The molecule has 0 bridgehead atoms. The fraction of sp³-hybridized carbons (Fsp3) is 0.500. The van der Waals surface area contributed by atoms with Crippen LogP contribution in [0.3, 0.4) is 0 Å². The molecule has 2 aliphatic rings. The van der Waals surface area contributed by atoms with Gasteiger partial charge in [0.1, 0.15) is 5.82 Å². The van der Waals surface area contributed by atoms with E-state index in [1.54, 1.807) is 0 Å². The molecule has 3 N–H and O–H groups in total. The summed E-state index contributed by atoms with van der Waals surface area (Å²) >= 11 is 0. The Balaban J connectivity index is 1.59. The number of hydrogen-bond acceptors (Lipinski definition) is 4. The zero-order chi connectivity index (χ0) is 31.8. The number of rotatable bonds is 11. The molecule has 238 valence electrons. The molecule has 0 unspecified atom stereocenters. The molecule has 6 nitrogen and oxygen atoms in total. The Kier molecular flexibility index (Phi) is 8.91. The summed E-state index contributed by atoms with van der Waals surface area (Å²) in [5.41, 5.74) is 8.94. The molecule has 0 amide bonds. The van der Waals surface area contributed by atoms with Gasteiger partial charge in [-0.1, -0.05) is 18.2 Å². The van der Waals surface area contributed by atoms with E-state index in [1.807, 2.05) is 45.0 Å². The van der Waals surface area contributed by atoms with Gasteiger partial charge in [-0.3, -0.25) is 0 Å². The lowest BCUT2D eigenvalue weighted by atomic mass is 10.0. The van der Waals surface area contributed by atoms with Gasteiger partial charge in [-0.15, -0.1) is 5.10 Å². The number of guanidine groups is 1. The van der Waals surface area contributed by atoms with Gasteiger partial charge in [-0.25, -0.2) is 4.98 Å². The predicted octanol–water partition coefficient (Wildman–Crippen LogP) is 7.44. The molecule has 2 fully saturated rings. The van der Waals surface area contributed by atoms with Crippen LogP contribution in [-0.2, 0) is 25.4 Å². The molecule has 0 radical (unpaired) electrons. The molecule has 1 aromatic heterocycles. The fourth-order valence-corrected chi connectivity index (χ4v) is 5.26. The lowest BCUT2D eigenvalue weighted by Crippen LogP contribution is -2.39. The summed E-state index contributed by atoms with van der Waals surface area (Å²) in [6.45, 7) is 7.09. The third-order valence-corrected chi connectivity index (χ3v) is 7.90. The Bertz CT molecular complexity index is 1460. The first kappa shape index (κ1) is 31.7. The summed E-state index contributed by atoms with van der Waals surface area (Å²) in [6.07, 6.45) is -5.34. The molecule has 1 heterocycles. The second-order valence-electron chi connectivity index (χ2n) is 12.4. The summed E-state index contributed by atoms with van der Waals surface area (Å²) < 4.78 is 82.1. The first-order chi connectivity index (χ1) is 20.7. The van der Waals surface area contributed by atoms with E-state index >= 15 is 0 Å². The van der Waals surface area contributed by atoms with Crippen LogP contribution in [0.2, 0.25) is 0 Å². The molecule has 3 aromatic rings. The monoisotopic (exact) mass is 620 g/mol. The standard InChI is InChI=1S/C32H38F6N6/c1-19(2)41-42-30(39)44(17-23-11-26(31(33,34)35)14-27(12-23)32(36,37)38)18-25-13-24-6-4-5-20(3)28(24)40-29(25)43(15-21-7-8-21)16-22-9-10-22/h4-6,11-14,19,21-22,41H,7-10,15-18H2,1-3H3,(H2,39,42). The molecule has 2 saturated carbocycles. The van der Waals surface area contributed by atoms with Gasteiger partial charge in [0.15, 0.2) is 0 Å². The van der Waals surface area contributed by atoms with E-state index in [-0.39, 0.29) is 36.7 Å². The third-order valence-electron chi connectivity index (χ3n) is 7.90. The molecule has 0 spiro atoms. The molecular weight excluding hydrogens is 582 g/mol. The Morgan fingerprint density at radius 2 is 1.52 bits per heavy atom. The van der Waals surface area contributed by atoms with Crippen molar-refractivity contribution in [2.45, 2.75) is 77.9 Å². The maximum atomic E-state index is 13.7. The van der Waals surface area contributed by atoms with Gasteiger partial charge in [0, 0.05) is 43.2 Å². The molecule has 0 atom stereocenters. The second kappa shape index (κ2) is 12.4. The molecule has 0 aliphatic heterocycles. The maximum absolute atomic E-state index is 13.7. The largest absolute Gasteiger partial charge is 0.416 e. The van der Waals surface area contributed by atoms with Crippen LogP contribution in [0.1, 0.15) is 67.3 Å². The number of hydrogen-bond donors (Lipinski definition) is 2. The smallest absolute Gasteiger partial charge is 0.368 e. The number of nitrogens with two attached hydrogens (primary N) is 1. The van der Waals surface area contributed by atoms with Crippen molar-refractivity contribution in [1.82, 2.24) is 15.3 Å². The number of para-hydroxylation sites is 1. The van der Waals surface area contributed by atoms with Gasteiger partial charge in [0.2, 0.25) is 5.96 Å². The minimum absolute atomic E-state index is 0.0594.